The first-order valence-corrected chi connectivity index (χ1v) is 18.9. The minimum Gasteiger partial charge on any atom is -0.455 e. The standard InChI is InChI=1S/C54H34O/c1-4-17-36(18-5-1)40-31-32-45(53-44-28-14-15-30-50(44)55-54(40)53)52-43-27-13-12-26-42(43)51(41-29-16-24-35-23-10-11-25-39(35)41)48-33-46(37-19-6-2-7-20-37)47(34-49(48)52)38-21-8-3-9-22-38/h1-34H. The predicted octanol–water partition coefficient (Wildman–Crippen LogP) is 15.4. The molecule has 11 aromatic rings. The monoisotopic (exact) mass is 698 g/mol. The van der Waals surface area contributed by atoms with Gasteiger partial charge in [-0.3, -0.25) is 0 Å². The molecule has 256 valence electrons. The molecule has 0 N–H and O–H groups in total. The van der Waals surface area contributed by atoms with Gasteiger partial charge in [-0.1, -0.05) is 182 Å². The van der Waals surface area contributed by atoms with Gasteiger partial charge in [0.05, 0.1) is 0 Å². The van der Waals surface area contributed by atoms with E-state index in [0.717, 1.165) is 38.6 Å². The van der Waals surface area contributed by atoms with Crippen LogP contribution < -0.4 is 0 Å². The predicted molar refractivity (Wildman–Crippen MR) is 233 cm³/mol. The number of hydrogen-bond acceptors (Lipinski definition) is 1. The van der Waals surface area contributed by atoms with E-state index < -0.39 is 0 Å². The molecule has 0 radical (unpaired) electrons. The Morgan fingerprint density at radius 2 is 0.727 bits per heavy atom. The highest BCUT2D eigenvalue weighted by atomic mass is 16.3. The molecular weight excluding hydrogens is 665 g/mol. The first-order chi connectivity index (χ1) is 27.3. The van der Waals surface area contributed by atoms with E-state index in [1.165, 1.54) is 71.3 Å². The molecule has 0 spiro atoms. The van der Waals surface area contributed by atoms with Gasteiger partial charge in [0.2, 0.25) is 0 Å². The second-order valence-corrected chi connectivity index (χ2v) is 14.3. The molecular formula is C54H34O. The van der Waals surface area contributed by atoms with Crippen LogP contribution in [0.3, 0.4) is 0 Å². The SMILES string of the molecule is c1ccc(-c2cc3c(-c4cccc5ccccc45)c4ccccc4c(-c4ccc(-c5ccccc5)c5oc6ccccc6c45)c3cc2-c2ccccc2)cc1. The number of para-hydroxylation sites is 1. The van der Waals surface area contributed by atoms with Gasteiger partial charge in [0.15, 0.2) is 0 Å². The molecule has 0 unspecified atom stereocenters. The fourth-order valence-corrected chi connectivity index (χ4v) is 8.84. The van der Waals surface area contributed by atoms with Crippen LogP contribution in [0.25, 0.3) is 110 Å². The maximum atomic E-state index is 6.84. The Kier molecular flexibility index (Phi) is 7.25. The molecule has 11 rings (SSSR count). The van der Waals surface area contributed by atoms with E-state index in [-0.39, 0.29) is 0 Å². The quantitative estimate of drug-likeness (QED) is 0.163. The van der Waals surface area contributed by atoms with E-state index in [4.69, 9.17) is 4.42 Å². The Morgan fingerprint density at radius 1 is 0.273 bits per heavy atom. The largest absolute Gasteiger partial charge is 0.455 e. The summed E-state index contributed by atoms with van der Waals surface area (Å²) in [4.78, 5) is 0. The second kappa shape index (κ2) is 12.7. The van der Waals surface area contributed by atoms with Crippen molar-refractivity contribution in [2.45, 2.75) is 0 Å². The molecule has 0 aliphatic rings. The maximum absolute atomic E-state index is 6.84. The van der Waals surface area contributed by atoms with Crippen LogP contribution in [0.1, 0.15) is 0 Å². The zero-order valence-electron chi connectivity index (χ0n) is 30.0. The fourth-order valence-electron chi connectivity index (χ4n) is 8.84. The number of rotatable bonds is 5. The molecule has 0 bridgehead atoms. The highest BCUT2D eigenvalue weighted by Crippen LogP contribution is 2.51. The van der Waals surface area contributed by atoms with Gasteiger partial charge in [-0.2, -0.15) is 0 Å². The van der Waals surface area contributed by atoms with Crippen molar-refractivity contribution in [1.29, 1.82) is 0 Å². The lowest BCUT2D eigenvalue weighted by molar-refractivity contribution is 0.670. The molecule has 0 amide bonds. The zero-order chi connectivity index (χ0) is 36.3. The van der Waals surface area contributed by atoms with Crippen LogP contribution in [0.5, 0.6) is 0 Å². The summed E-state index contributed by atoms with van der Waals surface area (Å²) in [6, 6.07) is 74.7. The Hall–Kier alpha value is -7.22. The molecule has 1 heteroatoms. The van der Waals surface area contributed by atoms with E-state index in [2.05, 4.69) is 206 Å². The number of benzene rings is 10. The van der Waals surface area contributed by atoms with Crippen molar-refractivity contribution in [3.8, 4) is 55.6 Å². The first-order valence-electron chi connectivity index (χ1n) is 18.9. The van der Waals surface area contributed by atoms with Crippen molar-refractivity contribution in [3.63, 3.8) is 0 Å². The topological polar surface area (TPSA) is 13.1 Å². The van der Waals surface area contributed by atoms with Crippen LogP contribution in [0.2, 0.25) is 0 Å². The highest BCUT2D eigenvalue weighted by molar-refractivity contribution is 6.28. The van der Waals surface area contributed by atoms with Gasteiger partial charge >= 0.3 is 0 Å². The molecule has 0 saturated heterocycles. The molecule has 0 aliphatic carbocycles. The lowest BCUT2D eigenvalue weighted by atomic mass is 9.81. The van der Waals surface area contributed by atoms with Gasteiger partial charge in [0.25, 0.3) is 0 Å². The Labute approximate surface area is 319 Å². The molecule has 1 nitrogen and oxygen atoms in total. The van der Waals surface area contributed by atoms with E-state index >= 15 is 0 Å². The molecule has 1 aromatic heterocycles. The van der Waals surface area contributed by atoms with Gasteiger partial charge in [-0.15, -0.1) is 0 Å². The Morgan fingerprint density at radius 3 is 1.35 bits per heavy atom. The third-order valence-electron chi connectivity index (χ3n) is 11.3. The summed E-state index contributed by atoms with van der Waals surface area (Å²) in [6.07, 6.45) is 0. The summed E-state index contributed by atoms with van der Waals surface area (Å²) in [5.74, 6) is 0. The summed E-state index contributed by atoms with van der Waals surface area (Å²) < 4.78 is 6.84. The summed E-state index contributed by atoms with van der Waals surface area (Å²) in [5, 5.41) is 9.58. The van der Waals surface area contributed by atoms with Crippen molar-refractivity contribution in [3.05, 3.63) is 206 Å². The molecule has 55 heavy (non-hydrogen) atoms. The summed E-state index contributed by atoms with van der Waals surface area (Å²) in [5.41, 5.74) is 13.7. The van der Waals surface area contributed by atoms with Crippen molar-refractivity contribution < 1.29 is 4.42 Å². The molecule has 1 heterocycles. The van der Waals surface area contributed by atoms with Crippen LogP contribution in [0, 0.1) is 0 Å². The van der Waals surface area contributed by atoms with Gasteiger partial charge < -0.3 is 4.42 Å². The van der Waals surface area contributed by atoms with Crippen LogP contribution in [0.4, 0.5) is 0 Å². The number of furan rings is 1. The fraction of sp³-hybridized carbons (Fsp3) is 0. The lowest BCUT2D eigenvalue weighted by Gasteiger charge is -2.22. The van der Waals surface area contributed by atoms with Crippen molar-refractivity contribution in [1.82, 2.24) is 0 Å². The molecule has 0 fully saturated rings. The average Bonchev–Trinajstić information content (AvgIpc) is 3.66. The molecule has 0 atom stereocenters. The summed E-state index contributed by atoms with van der Waals surface area (Å²) >= 11 is 0. The van der Waals surface area contributed by atoms with Gasteiger partial charge in [-0.05, 0) is 107 Å². The van der Waals surface area contributed by atoms with Crippen molar-refractivity contribution in [2.75, 3.05) is 0 Å². The van der Waals surface area contributed by atoms with E-state index in [1.54, 1.807) is 0 Å². The van der Waals surface area contributed by atoms with E-state index in [0.29, 0.717) is 0 Å². The van der Waals surface area contributed by atoms with Gasteiger partial charge in [-0.25, -0.2) is 0 Å². The van der Waals surface area contributed by atoms with Crippen LogP contribution >= 0.6 is 0 Å². The summed E-state index contributed by atoms with van der Waals surface area (Å²) in [7, 11) is 0. The minimum absolute atomic E-state index is 0.888. The third kappa shape index (κ3) is 5.01. The van der Waals surface area contributed by atoms with Crippen LogP contribution in [0.15, 0.2) is 211 Å². The Balaban J connectivity index is 1.36. The number of hydrogen-bond donors (Lipinski definition) is 0. The average molecular weight is 699 g/mol. The lowest BCUT2D eigenvalue weighted by Crippen LogP contribution is -1.95. The minimum atomic E-state index is 0.888. The Bertz CT molecular complexity index is 3220. The smallest absolute Gasteiger partial charge is 0.143 e. The maximum Gasteiger partial charge on any atom is 0.143 e. The highest BCUT2D eigenvalue weighted by Gasteiger charge is 2.24. The van der Waals surface area contributed by atoms with Gasteiger partial charge in [0.1, 0.15) is 11.2 Å². The third-order valence-corrected chi connectivity index (χ3v) is 11.3. The van der Waals surface area contributed by atoms with Crippen molar-refractivity contribution >= 4 is 54.3 Å². The van der Waals surface area contributed by atoms with Crippen LogP contribution in [-0.2, 0) is 0 Å². The zero-order valence-corrected chi connectivity index (χ0v) is 30.0. The second-order valence-electron chi connectivity index (χ2n) is 14.3. The van der Waals surface area contributed by atoms with E-state index in [1.807, 2.05) is 0 Å². The number of fused-ring (bicyclic) bond motifs is 6. The molecule has 10 aromatic carbocycles. The van der Waals surface area contributed by atoms with Crippen LogP contribution in [-0.4, -0.2) is 0 Å². The van der Waals surface area contributed by atoms with Gasteiger partial charge in [0, 0.05) is 16.3 Å². The normalized spacial score (nSPS) is 11.6. The molecule has 0 saturated carbocycles. The van der Waals surface area contributed by atoms with E-state index in [9.17, 15) is 0 Å². The summed E-state index contributed by atoms with van der Waals surface area (Å²) in [6.45, 7) is 0. The van der Waals surface area contributed by atoms with Crippen molar-refractivity contribution in [2.24, 2.45) is 0 Å². The first kappa shape index (κ1) is 31.3. The molecule has 0 aliphatic heterocycles.